The van der Waals surface area contributed by atoms with Crippen LogP contribution in [0.1, 0.15) is 19.4 Å². The van der Waals surface area contributed by atoms with Crippen LogP contribution in [-0.2, 0) is 15.0 Å². The van der Waals surface area contributed by atoms with Crippen LogP contribution in [-0.4, -0.2) is 32.5 Å². The largest absolute Gasteiger partial charge is 0.325 e. The minimum atomic E-state index is -0.557. The predicted octanol–water partition coefficient (Wildman–Crippen LogP) is 1.10. The lowest BCUT2D eigenvalue weighted by molar-refractivity contribution is -0.119. The summed E-state index contributed by atoms with van der Waals surface area (Å²) >= 11 is 0. The standard InChI is InChI=1S/C14H19N3O2/c1-14(2)10-7-9(17(4)12(18)8-15-3)5-6-11(10)16-13(14)19/h5-7,15H,8H2,1-4H3,(H,16,19). The fraction of sp³-hybridized carbons (Fsp3) is 0.429. The van der Waals surface area contributed by atoms with Crippen LogP contribution in [0.15, 0.2) is 18.2 Å². The van der Waals surface area contributed by atoms with Crippen molar-refractivity contribution in [2.24, 2.45) is 0 Å². The Morgan fingerprint density at radius 3 is 2.74 bits per heavy atom. The molecule has 1 aromatic rings. The van der Waals surface area contributed by atoms with Gasteiger partial charge in [0, 0.05) is 18.4 Å². The fourth-order valence-electron chi connectivity index (χ4n) is 2.18. The molecule has 0 spiro atoms. The Kier molecular flexibility index (Phi) is 3.32. The quantitative estimate of drug-likeness (QED) is 0.856. The van der Waals surface area contributed by atoms with Crippen molar-refractivity contribution >= 4 is 23.2 Å². The number of carbonyl (C=O) groups excluding carboxylic acids is 2. The molecule has 5 nitrogen and oxygen atoms in total. The first kappa shape index (κ1) is 13.5. The van der Waals surface area contributed by atoms with Gasteiger partial charge in [0.1, 0.15) is 0 Å². The second kappa shape index (κ2) is 4.66. The molecule has 19 heavy (non-hydrogen) atoms. The molecule has 0 bridgehead atoms. The zero-order valence-electron chi connectivity index (χ0n) is 11.7. The van der Waals surface area contributed by atoms with Crippen LogP contribution in [0.3, 0.4) is 0 Å². The van der Waals surface area contributed by atoms with Crippen LogP contribution in [0.25, 0.3) is 0 Å². The van der Waals surface area contributed by atoms with E-state index in [2.05, 4.69) is 10.6 Å². The summed E-state index contributed by atoms with van der Waals surface area (Å²) in [5.41, 5.74) is 1.99. The van der Waals surface area contributed by atoms with Gasteiger partial charge in [0.15, 0.2) is 0 Å². The number of likely N-dealkylation sites (N-methyl/N-ethyl adjacent to an activating group) is 2. The Morgan fingerprint density at radius 2 is 2.11 bits per heavy atom. The number of hydrogen-bond acceptors (Lipinski definition) is 3. The van der Waals surface area contributed by atoms with Crippen molar-refractivity contribution in [3.63, 3.8) is 0 Å². The molecule has 1 aliphatic heterocycles. The van der Waals surface area contributed by atoms with Crippen LogP contribution < -0.4 is 15.5 Å². The fourth-order valence-corrected chi connectivity index (χ4v) is 2.18. The number of benzene rings is 1. The van der Waals surface area contributed by atoms with Crippen LogP contribution in [0.2, 0.25) is 0 Å². The molecule has 2 amide bonds. The number of anilines is 2. The smallest absolute Gasteiger partial charge is 0.240 e. The van der Waals surface area contributed by atoms with Crippen molar-refractivity contribution in [1.29, 1.82) is 0 Å². The highest BCUT2D eigenvalue weighted by Crippen LogP contribution is 2.39. The Hall–Kier alpha value is -1.88. The third-order valence-electron chi connectivity index (χ3n) is 3.58. The maximum absolute atomic E-state index is 11.9. The molecule has 5 heteroatoms. The summed E-state index contributed by atoms with van der Waals surface area (Å²) in [4.78, 5) is 25.3. The SMILES string of the molecule is CNCC(=O)N(C)c1ccc2c(c1)C(C)(C)C(=O)N2. The van der Waals surface area contributed by atoms with Crippen molar-refractivity contribution in [3.8, 4) is 0 Å². The second-order valence-electron chi connectivity index (χ2n) is 5.29. The van der Waals surface area contributed by atoms with E-state index in [9.17, 15) is 9.59 Å². The molecule has 102 valence electrons. The summed E-state index contributed by atoms with van der Waals surface area (Å²) in [6.45, 7) is 4.05. The first-order chi connectivity index (χ1) is 8.87. The van der Waals surface area contributed by atoms with Crippen molar-refractivity contribution < 1.29 is 9.59 Å². The maximum atomic E-state index is 11.9. The Bertz CT molecular complexity index is 537. The number of amides is 2. The normalized spacial score (nSPS) is 15.9. The molecule has 1 heterocycles. The van der Waals surface area contributed by atoms with Gasteiger partial charge >= 0.3 is 0 Å². The molecular weight excluding hydrogens is 242 g/mol. The van der Waals surface area contributed by atoms with Gasteiger partial charge in [-0.15, -0.1) is 0 Å². The van der Waals surface area contributed by atoms with Crippen LogP contribution in [0, 0.1) is 0 Å². The van der Waals surface area contributed by atoms with Gasteiger partial charge in [-0.1, -0.05) is 0 Å². The number of carbonyl (C=O) groups is 2. The summed E-state index contributed by atoms with van der Waals surface area (Å²) in [6, 6.07) is 5.59. The Morgan fingerprint density at radius 1 is 1.42 bits per heavy atom. The van der Waals surface area contributed by atoms with Gasteiger partial charge in [0.25, 0.3) is 0 Å². The third kappa shape index (κ3) is 2.21. The summed E-state index contributed by atoms with van der Waals surface area (Å²) in [5, 5.41) is 5.69. The molecule has 0 aromatic heterocycles. The van der Waals surface area contributed by atoms with Gasteiger partial charge in [0.2, 0.25) is 11.8 Å². The van der Waals surface area contributed by atoms with E-state index in [1.165, 1.54) is 0 Å². The minimum absolute atomic E-state index is 0.0103. The van der Waals surface area contributed by atoms with Gasteiger partial charge < -0.3 is 15.5 Å². The number of hydrogen-bond donors (Lipinski definition) is 2. The molecule has 0 aliphatic carbocycles. The van der Waals surface area contributed by atoms with E-state index in [4.69, 9.17) is 0 Å². The third-order valence-corrected chi connectivity index (χ3v) is 3.58. The van der Waals surface area contributed by atoms with Crippen LogP contribution >= 0.6 is 0 Å². The van der Waals surface area contributed by atoms with Crippen molar-refractivity contribution in [2.75, 3.05) is 30.9 Å². The molecule has 2 N–H and O–H groups in total. The molecule has 0 saturated heterocycles. The minimum Gasteiger partial charge on any atom is -0.325 e. The van der Waals surface area contributed by atoms with E-state index >= 15 is 0 Å². The Labute approximate surface area is 113 Å². The highest BCUT2D eigenvalue weighted by Gasteiger charge is 2.38. The lowest BCUT2D eigenvalue weighted by Crippen LogP contribution is -2.34. The van der Waals surface area contributed by atoms with Gasteiger partial charge in [-0.25, -0.2) is 0 Å². The highest BCUT2D eigenvalue weighted by atomic mass is 16.2. The monoisotopic (exact) mass is 261 g/mol. The van der Waals surface area contributed by atoms with Crippen molar-refractivity contribution in [1.82, 2.24) is 5.32 Å². The van der Waals surface area contributed by atoms with Crippen LogP contribution in [0.4, 0.5) is 11.4 Å². The number of nitrogens with zero attached hydrogens (tertiary/aromatic N) is 1. The molecule has 0 unspecified atom stereocenters. The van der Waals surface area contributed by atoms with E-state index in [1.807, 2.05) is 32.0 Å². The molecule has 0 atom stereocenters. The molecular formula is C14H19N3O2. The molecule has 0 saturated carbocycles. The number of rotatable bonds is 3. The summed E-state index contributed by atoms with van der Waals surface area (Å²) in [6.07, 6.45) is 0. The van der Waals surface area contributed by atoms with Gasteiger partial charge in [0.05, 0.1) is 12.0 Å². The van der Waals surface area contributed by atoms with Gasteiger partial charge in [-0.2, -0.15) is 0 Å². The lowest BCUT2D eigenvalue weighted by Gasteiger charge is -2.20. The van der Waals surface area contributed by atoms with Gasteiger partial charge in [-0.05, 0) is 44.7 Å². The molecule has 0 fully saturated rings. The van der Waals surface area contributed by atoms with E-state index < -0.39 is 5.41 Å². The van der Waals surface area contributed by atoms with Gasteiger partial charge in [-0.3, -0.25) is 9.59 Å². The zero-order valence-corrected chi connectivity index (χ0v) is 11.7. The first-order valence-corrected chi connectivity index (χ1v) is 6.25. The van der Waals surface area contributed by atoms with E-state index in [0.717, 1.165) is 16.9 Å². The summed E-state index contributed by atoms with van der Waals surface area (Å²) in [5.74, 6) is -0.0265. The molecule has 1 aromatic carbocycles. The van der Waals surface area contributed by atoms with E-state index in [0.29, 0.717) is 0 Å². The zero-order chi connectivity index (χ0) is 14.2. The van der Waals surface area contributed by atoms with E-state index in [-0.39, 0.29) is 18.4 Å². The second-order valence-corrected chi connectivity index (χ2v) is 5.29. The van der Waals surface area contributed by atoms with Crippen LogP contribution in [0.5, 0.6) is 0 Å². The average molecular weight is 261 g/mol. The first-order valence-electron chi connectivity index (χ1n) is 6.25. The number of fused-ring (bicyclic) bond motifs is 1. The number of nitrogens with one attached hydrogen (secondary N) is 2. The summed E-state index contributed by atoms with van der Waals surface area (Å²) in [7, 11) is 3.47. The molecule has 2 rings (SSSR count). The highest BCUT2D eigenvalue weighted by molar-refractivity contribution is 6.06. The van der Waals surface area contributed by atoms with E-state index in [1.54, 1.807) is 19.0 Å². The molecule has 0 radical (unpaired) electrons. The predicted molar refractivity (Wildman–Crippen MR) is 75.4 cm³/mol. The van der Waals surface area contributed by atoms with Crippen molar-refractivity contribution in [2.45, 2.75) is 19.3 Å². The Balaban J connectivity index is 2.35. The summed E-state index contributed by atoms with van der Waals surface area (Å²) < 4.78 is 0. The van der Waals surface area contributed by atoms with Crippen molar-refractivity contribution in [3.05, 3.63) is 23.8 Å². The topological polar surface area (TPSA) is 61.4 Å². The lowest BCUT2D eigenvalue weighted by atomic mass is 9.86. The average Bonchev–Trinajstić information content (AvgIpc) is 2.59. The molecule has 1 aliphatic rings. The maximum Gasteiger partial charge on any atom is 0.240 e.